The van der Waals surface area contributed by atoms with Gasteiger partial charge in [0.2, 0.25) is 0 Å². The third-order valence-corrected chi connectivity index (χ3v) is 2.78. The molecule has 0 heterocycles. The minimum absolute atomic E-state index is 0.176. The third kappa shape index (κ3) is 2.61. The Kier molecular flexibility index (Phi) is 3.29. The molecule has 0 radical (unpaired) electrons. The number of hydrogen-bond donors (Lipinski definition) is 1. The van der Waals surface area contributed by atoms with Crippen LogP contribution in [0.1, 0.15) is 25.7 Å². The number of hydrogen-bond acceptors (Lipinski definition) is 2. The monoisotopic (exact) mass is 168 g/mol. The quantitative estimate of drug-likeness (QED) is 0.628. The molecule has 0 spiro atoms. The Balaban J connectivity index is 2.11. The highest BCUT2D eigenvalue weighted by atomic mass is 15.1. The molecule has 0 aromatic heterocycles. The summed E-state index contributed by atoms with van der Waals surface area (Å²) in [6.45, 7) is 5.77. The molecule has 1 aliphatic carbocycles. The summed E-state index contributed by atoms with van der Waals surface area (Å²) in [5.74, 6) is 0. The second-order valence-corrected chi connectivity index (χ2v) is 4.02. The average molecular weight is 168 g/mol. The Morgan fingerprint density at radius 2 is 2.25 bits per heavy atom. The SMILES string of the molecule is C=CCN(C)CCC1(N)CCC1. The minimum Gasteiger partial charge on any atom is -0.325 e. The summed E-state index contributed by atoms with van der Waals surface area (Å²) in [6.07, 6.45) is 6.83. The van der Waals surface area contributed by atoms with Crippen molar-refractivity contribution in [1.82, 2.24) is 4.90 Å². The van der Waals surface area contributed by atoms with Crippen LogP contribution in [-0.4, -0.2) is 30.6 Å². The van der Waals surface area contributed by atoms with Gasteiger partial charge >= 0.3 is 0 Å². The van der Waals surface area contributed by atoms with Gasteiger partial charge in [0.05, 0.1) is 0 Å². The van der Waals surface area contributed by atoms with Crippen LogP contribution in [0.5, 0.6) is 0 Å². The van der Waals surface area contributed by atoms with Gasteiger partial charge in [-0.15, -0.1) is 6.58 Å². The van der Waals surface area contributed by atoms with Gasteiger partial charge in [0.25, 0.3) is 0 Å². The Morgan fingerprint density at radius 3 is 2.67 bits per heavy atom. The molecule has 0 aromatic rings. The van der Waals surface area contributed by atoms with E-state index in [2.05, 4.69) is 18.5 Å². The lowest BCUT2D eigenvalue weighted by molar-refractivity contribution is 0.202. The van der Waals surface area contributed by atoms with Crippen LogP contribution in [0.3, 0.4) is 0 Å². The van der Waals surface area contributed by atoms with Crippen LogP contribution in [0, 0.1) is 0 Å². The lowest BCUT2D eigenvalue weighted by atomic mass is 9.75. The minimum atomic E-state index is 0.176. The zero-order chi connectivity index (χ0) is 9.03. The van der Waals surface area contributed by atoms with Crippen LogP contribution in [-0.2, 0) is 0 Å². The van der Waals surface area contributed by atoms with Crippen molar-refractivity contribution in [3.05, 3.63) is 12.7 Å². The molecule has 1 rings (SSSR count). The molecule has 0 aromatic carbocycles. The van der Waals surface area contributed by atoms with Gasteiger partial charge < -0.3 is 10.6 Å². The summed E-state index contributed by atoms with van der Waals surface area (Å²) in [5.41, 5.74) is 6.27. The van der Waals surface area contributed by atoms with Crippen LogP contribution >= 0.6 is 0 Å². The van der Waals surface area contributed by atoms with Crippen LogP contribution in [0.2, 0.25) is 0 Å². The second-order valence-electron chi connectivity index (χ2n) is 4.02. The van der Waals surface area contributed by atoms with Crippen molar-refractivity contribution in [3.8, 4) is 0 Å². The van der Waals surface area contributed by atoms with E-state index >= 15 is 0 Å². The fraction of sp³-hybridized carbons (Fsp3) is 0.800. The Labute approximate surface area is 75.4 Å². The van der Waals surface area contributed by atoms with Gasteiger partial charge in [0, 0.05) is 12.1 Å². The van der Waals surface area contributed by atoms with E-state index in [-0.39, 0.29) is 5.54 Å². The van der Waals surface area contributed by atoms with Gasteiger partial charge in [0.15, 0.2) is 0 Å². The number of nitrogens with zero attached hydrogens (tertiary/aromatic N) is 1. The normalized spacial score (nSPS) is 20.6. The highest BCUT2D eigenvalue weighted by molar-refractivity contribution is 4.93. The first-order chi connectivity index (χ1) is 5.66. The first-order valence-corrected chi connectivity index (χ1v) is 4.75. The Hall–Kier alpha value is -0.340. The predicted octanol–water partition coefficient (Wildman–Crippen LogP) is 1.38. The maximum Gasteiger partial charge on any atom is 0.0166 e. The van der Waals surface area contributed by atoms with Crippen molar-refractivity contribution in [2.24, 2.45) is 5.73 Å². The van der Waals surface area contributed by atoms with E-state index in [1.54, 1.807) is 0 Å². The number of likely N-dealkylation sites (N-methyl/N-ethyl adjacent to an activating group) is 1. The molecule has 0 amide bonds. The fourth-order valence-electron chi connectivity index (χ4n) is 1.61. The molecule has 12 heavy (non-hydrogen) atoms. The summed E-state index contributed by atoms with van der Waals surface area (Å²) < 4.78 is 0. The van der Waals surface area contributed by atoms with Gasteiger partial charge in [-0.3, -0.25) is 0 Å². The molecule has 1 fully saturated rings. The molecule has 1 saturated carbocycles. The standard InChI is InChI=1S/C10H20N2/c1-3-8-12(2)9-7-10(11)5-4-6-10/h3H,1,4-9,11H2,2H3. The zero-order valence-electron chi connectivity index (χ0n) is 8.05. The highest BCUT2D eigenvalue weighted by Gasteiger charge is 2.31. The first kappa shape index (κ1) is 9.75. The third-order valence-electron chi connectivity index (χ3n) is 2.78. The van der Waals surface area contributed by atoms with Crippen molar-refractivity contribution < 1.29 is 0 Å². The van der Waals surface area contributed by atoms with E-state index in [1.165, 1.54) is 19.3 Å². The van der Waals surface area contributed by atoms with E-state index in [0.717, 1.165) is 19.5 Å². The largest absolute Gasteiger partial charge is 0.325 e. The van der Waals surface area contributed by atoms with Crippen LogP contribution in [0.25, 0.3) is 0 Å². The van der Waals surface area contributed by atoms with Crippen LogP contribution < -0.4 is 5.73 Å². The molecule has 2 nitrogen and oxygen atoms in total. The lowest BCUT2D eigenvalue weighted by Gasteiger charge is -2.39. The van der Waals surface area contributed by atoms with E-state index in [0.29, 0.717) is 0 Å². The molecule has 2 N–H and O–H groups in total. The predicted molar refractivity (Wildman–Crippen MR) is 53.1 cm³/mol. The molecule has 0 saturated heterocycles. The Morgan fingerprint density at radius 1 is 1.58 bits per heavy atom. The van der Waals surface area contributed by atoms with Gasteiger partial charge in [-0.25, -0.2) is 0 Å². The van der Waals surface area contributed by atoms with Crippen LogP contribution in [0.4, 0.5) is 0 Å². The van der Waals surface area contributed by atoms with E-state index in [9.17, 15) is 0 Å². The van der Waals surface area contributed by atoms with Crippen molar-refractivity contribution in [1.29, 1.82) is 0 Å². The Bertz CT molecular complexity index is 150. The summed E-state index contributed by atoms with van der Waals surface area (Å²) in [4.78, 5) is 2.26. The van der Waals surface area contributed by atoms with Crippen molar-refractivity contribution in [2.45, 2.75) is 31.2 Å². The molecule has 2 heteroatoms. The van der Waals surface area contributed by atoms with Crippen molar-refractivity contribution in [3.63, 3.8) is 0 Å². The van der Waals surface area contributed by atoms with Gasteiger partial charge in [-0.05, 0) is 39.3 Å². The van der Waals surface area contributed by atoms with E-state index < -0.39 is 0 Å². The molecular weight excluding hydrogens is 148 g/mol. The second kappa shape index (κ2) is 4.06. The number of nitrogens with two attached hydrogens (primary N) is 1. The average Bonchev–Trinajstić information content (AvgIpc) is 1.98. The lowest BCUT2D eigenvalue weighted by Crippen LogP contribution is -2.48. The topological polar surface area (TPSA) is 29.3 Å². The van der Waals surface area contributed by atoms with E-state index in [1.807, 2.05) is 6.08 Å². The van der Waals surface area contributed by atoms with Gasteiger partial charge in [-0.1, -0.05) is 6.08 Å². The molecule has 0 bridgehead atoms. The maximum absolute atomic E-state index is 6.09. The van der Waals surface area contributed by atoms with Crippen molar-refractivity contribution in [2.75, 3.05) is 20.1 Å². The summed E-state index contributed by atoms with van der Waals surface area (Å²) in [7, 11) is 2.11. The summed E-state index contributed by atoms with van der Waals surface area (Å²) >= 11 is 0. The fourth-order valence-corrected chi connectivity index (χ4v) is 1.61. The maximum atomic E-state index is 6.09. The smallest absolute Gasteiger partial charge is 0.0166 e. The molecule has 0 aliphatic heterocycles. The van der Waals surface area contributed by atoms with E-state index in [4.69, 9.17) is 5.73 Å². The zero-order valence-corrected chi connectivity index (χ0v) is 8.05. The molecule has 0 unspecified atom stereocenters. The molecule has 70 valence electrons. The highest BCUT2D eigenvalue weighted by Crippen LogP contribution is 2.31. The van der Waals surface area contributed by atoms with Gasteiger partial charge in [-0.2, -0.15) is 0 Å². The molecule has 0 atom stereocenters. The summed E-state index contributed by atoms with van der Waals surface area (Å²) in [5, 5.41) is 0. The first-order valence-electron chi connectivity index (χ1n) is 4.75. The molecular formula is C10H20N2. The number of rotatable bonds is 5. The van der Waals surface area contributed by atoms with Gasteiger partial charge in [0.1, 0.15) is 0 Å². The molecule has 1 aliphatic rings. The van der Waals surface area contributed by atoms with Crippen LogP contribution in [0.15, 0.2) is 12.7 Å². The van der Waals surface area contributed by atoms with Crippen molar-refractivity contribution >= 4 is 0 Å². The summed E-state index contributed by atoms with van der Waals surface area (Å²) in [6, 6.07) is 0.